The molecule has 2 unspecified atom stereocenters. The normalized spacial score (nSPS) is 29.1. The first-order chi connectivity index (χ1) is 7.00. The Morgan fingerprint density at radius 3 is 2.27 bits per heavy atom. The van der Waals surface area contributed by atoms with Gasteiger partial charge in [-0.15, -0.1) is 0 Å². The molecule has 0 aromatic carbocycles. The van der Waals surface area contributed by atoms with Crippen LogP contribution in [0.15, 0.2) is 0 Å². The second kappa shape index (κ2) is 5.30. The molecular formula is C11H23NO2S. The van der Waals surface area contributed by atoms with E-state index in [1.54, 1.807) is 13.8 Å². The molecule has 1 rings (SSSR count). The van der Waals surface area contributed by atoms with E-state index in [-0.39, 0.29) is 16.5 Å². The molecule has 0 aromatic heterocycles. The van der Waals surface area contributed by atoms with Crippen molar-refractivity contribution in [2.75, 3.05) is 7.05 Å². The first-order valence-electron chi connectivity index (χ1n) is 5.90. The Balaban J connectivity index is 2.88. The fourth-order valence-electron chi connectivity index (χ4n) is 2.35. The molecular weight excluding hydrogens is 210 g/mol. The van der Waals surface area contributed by atoms with E-state index in [0.717, 1.165) is 25.7 Å². The maximum Gasteiger partial charge on any atom is 0.156 e. The zero-order chi connectivity index (χ0) is 11.5. The minimum atomic E-state index is -2.95. The van der Waals surface area contributed by atoms with Crippen molar-refractivity contribution in [2.24, 2.45) is 0 Å². The third-order valence-corrected chi connectivity index (χ3v) is 6.12. The SMILES string of the molecule is CNC1CCCCCC1S(=O)(=O)C(C)C. The van der Waals surface area contributed by atoms with Gasteiger partial charge >= 0.3 is 0 Å². The Morgan fingerprint density at radius 1 is 1.13 bits per heavy atom. The van der Waals surface area contributed by atoms with Crippen LogP contribution in [-0.2, 0) is 9.84 Å². The molecule has 1 aliphatic rings. The summed E-state index contributed by atoms with van der Waals surface area (Å²) in [5.41, 5.74) is 0. The van der Waals surface area contributed by atoms with Gasteiger partial charge in [-0.25, -0.2) is 8.42 Å². The quantitative estimate of drug-likeness (QED) is 0.755. The van der Waals surface area contributed by atoms with Crippen molar-refractivity contribution in [1.29, 1.82) is 0 Å². The molecule has 90 valence electrons. The second-order valence-electron chi connectivity index (χ2n) is 4.71. The zero-order valence-electron chi connectivity index (χ0n) is 9.99. The van der Waals surface area contributed by atoms with E-state index in [2.05, 4.69) is 5.32 Å². The number of rotatable bonds is 3. The lowest BCUT2D eigenvalue weighted by atomic mass is 10.1. The predicted molar refractivity (Wildman–Crippen MR) is 63.8 cm³/mol. The highest BCUT2D eigenvalue weighted by molar-refractivity contribution is 7.92. The van der Waals surface area contributed by atoms with Crippen LogP contribution in [0.3, 0.4) is 0 Å². The summed E-state index contributed by atoms with van der Waals surface area (Å²) in [4.78, 5) is 0. The summed E-state index contributed by atoms with van der Waals surface area (Å²) in [5.74, 6) is 0. The number of nitrogens with one attached hydrogen (secondary N) is 1. The van der Waals surface area contributed by atoms with Gasteiger partial charge in [0.25, 0.3) is 0 Å². The molecule has 0 bridgehead atoms. The third kappa shape index (κ3) is 2.94. The lowest BCUT2D eigenvalue weighted by Gasteiger charge is -2.26. The standard InChI is InChI=1S/C11H23NO2S/c1-9(2)15(13,14)11-8-6-4-5-7-10(11)12-3/h9-12H,4-8H2,1-3H3. The van der Waals surface area contributed by atoms with Crippen molar-refractivity contribution in [2.45, 2.75) is 62.5 Å². The van der Waals surface area contributed by atoms with Gasteiger partial charge in [-0.05, 0) is 33.7 Å². The van der Waals surface area contributed by atoms with E-state index in [1.165, 1.54) is 6.42 Å². The third-order valence-electron chi connectivity index (χ3n) is 3.40. The summed E-state index contributed by atoms with van der Waals surface area (Å²) in [7, 11) is -1.07. The van der Waals surface area contributed by atoms with Crippen LogP contribution in [0.1, 0.15) is 46.0 Å². The number of hydrogen-bond donors (Lipinski definition) is 1. The number of hydrogen-bond acceptors (Lipinski definition) is 3. The van der Waals surface area contributed by atoms with Gasteiger partial charge in [0.1, 0.15) is 0 Å². The highest BCUT2D eigenvalue weighted by Crippen LogP contribution is 2.25. The highest BCUT2D eigenvalue weighted by Gasteiger charge is 2.35. The molecule has 0 spiro atoms. The van der Waals surface area contributed by atoms with Crippen LogP contribution in [0.2, 0.25) is 0 Å². The Hall–Kier alpha value is -0.0900. The molecule has 4 heteroatoms. The maximum atomic E-state index is 12.2. The first-order valence-corrected chi connectivity index (χ1v) is 7.51. The molecule has 0 aliphatic heterocycles. The van der Waals surface area contributed by atoms with Crippen LogP contribution in [0, 0.1) is 0 Å². The maximum absolute atomic E-state index is 12.2. The van der Waals surface area contributed by atoms with Gasteiger partial charge in [0.2, 0.25) is 0 Å². The van der Waals surface area contributed by atoms with Gasteiger partial charge in [-0.2, -0.15) is 0 Å². The minimum absolute atomic E-state index is 0.153. The molecule has 1 aliphatic carbocycles. The lowest BCUT2D eigenvalue weighted by molar-refractivity contribution is 0.477. The average Bonchev–Trinajstić information content (AvgIpc) is 2.41. The monoisotopic (exact) mass is 233 g/mol. The highest BCUT2D eigenvalue weighted by atomic mass is 32.2. The Morgan fingerprint density at radius 2 is 1.73 bits per heavy atom. The molecule has 2 atom stereocenters. The summed E-state index contributed by atoms with van der Waals surface area (Å²) in [6, 6.07) is 0.153. The van der Waals surface area contributed by atoms with Crippen molar-refractivity contribution in [3.05, 3.63) is 0 Å². The van der Waals surface area contributed by atoms with Crippen LogP contribution in [0.4, 0.5) is 0 Å². The minimum Gasteiger partial charge on any atom is -0.316 e. The largest absolute Gasteiger partial charge is 0.316 e. The molecule has 0 radical (unpaired) electrons. The molecule has 1 saturated carbocycles. The summed E-state index contributed by atoms with van der Waals surface area (Å²) in [5, 5.41) is 2.75. The fraction of sp³-hybridized carbons (Fsp3) is 1.00. The zero-order valence-corrected chi connectivity index (χ0v) is 10.8. The summed E-state index contributed by atoms with van der Waals surface area (Å²) >= 11 is 0. The molecule has 3 nitrogen and oxygen atoms in total. The summed E-state index contributed by atoms with van der Waals surface area (Å²) < 4.78 is 24.3. The fourth-order valence-corrected chi connectivity index (χ4v) is 4.27. The van der Waals surface area contributed by atoms with Crippen molar-refractivity contribution < 1.29 is 8.42 Å². The average molecular weight is 233 g/mol. The van der Waals surface area contributed by atoms with Gasteiger partial charge in [0.15, 0.2) is 9.84 Å². The van der Waals surface area contributed by atoms with Crippen LogP contribution < -0.4 is 5.32 Å². The van der Waals surface area contributed by atoms with E-state index >= 15 is 0 Å². The Kier molecular flexibility index (Phi) is 4.59. The van der Waals surface area contributed by atoms with Crippen molar-refractivity contribution in [3.63, 3.8) is 0 Å². The first kappa shape index (κ1) is 13.0. The lowest BCUT2D eigenvalue weighted by Crippen LogP contribution is -2.44. The molecule has 0 amide bonds. The summed E-state index contributed by atoms with van der Waals surface area (Å²) in [6.45, 7) is 3.57. The molecule has 1 fully saturated rings. The van der Waals surface area contributed by atoms with Gasteiger partial charge < -0.3 is 5.32 Å². The van der Waals surface area contributed by atoms with Gasteiger partial charge in [-0.3, -0.25) is 0 Å². The summed E-state index contributed by atoms with van der Waals surface area (Å²) in [6.07, 6.45) is 5.19. The molecule has 0 heterocycles. The number of sulfone groups is 1. The van der Waals surface area contributed by atoms with E-state index in [0.29, 0.717) is 0 Å². The Bertz CT molecular complexity index is 285. The van der Waals surface area contributed by atoms with Crippen molar-refractivity contribution in [3.8, 4) is 0 Å². The molecule has 15 heavy (non-hydrogen) atoms. The smallest absolute Gasteiger partial charge is 0.156 e. The topological polar surface area (TPSA) is 46.2 Å². The molecule has 0 saturated heterocycles. The van der Waals surface area contributed by atoms with Crippen LogP contribution in [-0.4, -0.2) is 32.0 Å². The Labute approximate surface area is 93.6 Å². The molecule has 1 N–H and O–H groups in total. The second-order valence-corrected chi connectivity index (χ2v) is 7.44. The van der Waals surface area contributed by atoms with Gasteiger partial charge in [-0.1, -0.05) is 19.3 Å². The van der Waals surface area contributed by atoms with Gasteiger partial charge in [0.05, 0.1) is 10.5 Å². The van der Waals surface area contributed by atoms with E-state index in [9.17, 15) is 8.42 Å². The molecule has 0 aromatic rings. The van der Waals surface area contributed by atoms with E-state index in [4.69, 9.17) is 0 Å². The van der Waals surface area contributed by atoms with Crippen molar-refractivity contribution >= 4 is 9.84 Å². The van der Waals surface area contributed by atoms with Gasteiger partial charge in [0, 0.05) is 6.04 Å². The van der Waals surface area contributed by atoms with Crippen LogP contribution in [0.25, 0.3) is 0 Å². The van der Waals surface area contributed by atoms with Crippen molar-refractivity contribution in [1.82, 2.24) is 5.32 Å². The van der Waals surface area contributed by atoms with Crippen LogP contribution >= 0.6 is 0 Å². The van der Waals surface area contributed by atoms with E-state index in [1.807, 2.05) is 7.05 Å². The van der Waals surface area contributed by atoms with Crippen LogP contribution in [0.5, 0.6) is 0 Å². The predicted octanol–water partition coefficient (Wildman–Crippen LogP) is 1.73. The van der Waals surface area contributed by atoms with E-state index < -0.39 is 9.84 Å².